The van der Waals surface area contributed by atoms with Gasteiger partial charge in [-0.25, -0.2) is 4.98 Å². The molecule has 122 valence electrons. The average Bonchev–Trinajstić information content (AvgIpc) is 2.92. The summed E-state index contributed by atoms with van der Waals surface area (Å²) in [6.45, 7) is 19.8. The van der Waals surface area contributed by atoms with Crippen LogP contribution in [0.1, 0.15) is 52.9 Å². The standard InChI is InChI=1S/C13H15N3.C4H10.C2H6/c1-4-7-8-11(5-2)16-10-15-12(9-14)13(16)6-3;1-4(2)3;1-2/h4-10,14H,1,3H2,2H3;4H,1-3H3;1-2H3/b8-7-,11-5+,14-9?;;. The van der Waals surface area contributed by atoms with E-state index in [2.05, 4.69) is 38.9 Å². The lowest BCUT2D eigenvalue weighted by molar-refractivity contribution is 0.737. The predicted molar refractivity (Wildman–Crippen MR) is 101 cm³/mol. The molecule has 1 aromatic rings. The lowest BCUT2D eigenvalue weighted by atomic mass is 10.3. The first-order chi connectivity index (χ1) is 10.5. The molecule has 22 heavy (non-hydrogen) atoms. The summed E-state index contributed by atoms with van der Waals surface area (Å²) >= 11 is 0. The molecule has 1 rings (SSSR count). The average molecular weight is 301 g/mol. The van der Waals surface area contributed by atoms with Crippen molar-refractivity contribution in [3.8, 4) is 0 Å². The van der Waals surface area contributed by atoms with Crippen LogP contribution in [0.25, 0.3) is 11.8 Å². The van der Waals surface area contributed by atoms with E-state index in [1.54, 1.807) is 18.5 Å². The van der Waals surface area contributed by atoms with E-state index in [1.165, 1.54) is 6.21 Å². The quantitative estimate of drug-likeness (QED) is 0.540. The van der Waals surface area contributed by atoms with Crippen molar-refractivity contribution in [2.24, 2.45) is 5.92 Å². The van der Waals surface area contributed by atoms with Crippen molar-refractivity contribution < 1.29 is 0 Å². The van der Waals surface area contributed by atoms with E-state index in [0.29, 0.717) is 5.69 Å². The SMILES string of the molecule is C=C/C=C\C(=C/C)n1cnc(C=N)c1C=C.CC.CC(C)C. The number of rotatable bonds is 5. The third-order valence-corrected chi connectivity index (χ3v) is 2.14. The van der Waals surface area contributed by atoms with Crippen LogP contribution < -0.4 is 0 Å². The Morgan fingerprint density at radius 1 is 1.27 bits per heavy atom. The van der Waals surface area contributed by atoms with E-state index < -0.39 is 0 Å². The van der Waals surface area contributed by atoms with E-state index in [1.807, 2.05) is 43.6 Å². The van der Waals surface area contributed by atoms with Crippen LogP contribution in [-0.4, -0.2) is 15.8 Å². The summed E-state index contributed by atoms with van der Waals surface area (Å²) in [6, 6.07) is 0. The van der Waals surface area contributed by atoms with Crippen LogP contribution in [0, 0.1) is 11.3 Å². The lowest BCUT2D eigenvalue weighted by Gasteiger charge is -2.05. The van der Waals surface area contributed by atoms with Gasteiger partial charge in [0.05, 0.1) is 5.69 Å². The zero-order chi connectivity index (χ0) is 17.5. The summed E-state index contributed by atoms with van der Waals surface area (Å²) in [5.74, 6) is 0.833. The summed E-state index contributed by atoms with van der Waals surface area (Å²) < 4.78 is 1.88. The topological polar surface area (TPSA) is 41.7 Å². The van der Waals surface area contributed by atoms with Crippen LogP contribution in [0.3, 0.4) is 0 Å². The van der Waals surface area contributed by atoms with Gasteiger partial charge in [0.1, 0.15) is 12.0 Å². The zero-order valence-corrected chi connectivity index (χ0v) is 14.9. The number of hydrogen-bond donors (Lipinski definition) is 1. The number of aromatic nitrogens is 2. The van der Waals surface area contributed by atoms with E-state index in [-0.39, 0.29) is 0 Å². The fourth-order valence-electron chi connectivity index (χ4n) is 1.37. The first-order valence-electron chi connectivity index (χ1n) is 7.67. The van der Waals surface area contributed by atoms with Crippen molar-refractivity contribution in [3.63, 3.8) is 0 Å². The Labute approximate surface area is 136 Å². The smallest absolute Gasteiger partial charge is 0.106 e. The van der Waals surface area contributed by atoms with Gasteiger partial charge in [0.2, 0.25) is 0 Å². The second kappa shape index (κ2) is 13.8. The summed E-state index contributed by atoms with van der Waals surface area (Å²) in [6.07, 6.45) is 12.0. The molecule has 0 spiro atoms. The van der Waals surface area contributed by atoms with Crippen molar-refractivity contribution in [3.05, 3.63) is 55.2 Å². The number of imidazole rings is 1. The zero-order valence-electron chi connectivity index (χ0n) is 14.9. The van der Waals surface area contributed by atoms with Gasteiger partial charge in [-0.1, -0.05) is 66.0 Å². The first kappa shape index (κ1) is 22.1. The highest BCUT2D eigenvalue weighted by Crippen LogP contribution is 2.15. The molecule has 0 unspecified atom stereocenters. The molecule has 3 heteroatoms. The van der Waals surface area contributed by atoms with Crippen molar-refractivity contribution >= 4 is 18.0 Å². The fourth-order valence-corrected chi connectivity index (χ4v) is 1.37. The summed E-state index contributed by atoms with van der Waals surface area (Å²) in [5.41, 5.74) is 2.40. The van der Waals surface area contributed by atoms with Crippen molar-refractivity contribution in [2.45, 2.75) is 41.5 Å². The number of nitrogens with zero attached hydrogens (tertiary/aromatic N) is 2. The third-order valence-electron chi connectivity index (χ3n) is 2.14. The lowest BCUT2D eigenvalue weighted by Crippen LogP contribution is -1.96. The van der Waals surface area contributed by atoms with Crippen LogP contribution in [0.2, 0.25) is 0 Å². The van der Waals surface area contributed by atoms with Crippen molar-refractivity contribution in [2.75, 3.05) is 0 Å². The number of hydrogen-bond acceptors (Lipinski definition) is 2. The molecule has 1 aromatic heterocycles. The highest BCUT2D eigenvalue weighted by atomic mass is 15.1. The van der Waals surface area contributed by atoms with Crippen LogP contribution >= 0.6 is 0 Å². The highest BCUT2D eigenvalue weighted by molar-refractivity contribution is 5.81. The van der Waals surface area contributed by atoms with E-state index in [0.717, 1.165) is 17.3 Å². The van der Waals surface area contributed by atoms with Gasteiger partial charge < -0.3 is 5.41 Å². The molecule has 0 aromatic carbocycles. The first-order valence-corrected chi connectivity index (χ1v) is 7.67. The Bertz CT molecular complexity index is 500. The molecule has 3 nitrogen and oxygen atoms in total. The minimum Gasteiger partial charge on any atom is -0.306 e. The number of nitrogens with one attached hydrogen (secondary N) is 1. The van der Waals surface area contributed by atoms with Crippen molar-refractivity contribution in [1.29, 1.82) is 5.41 Å². The van der Waals surface area contributed by atoms with Gasteiger partial charge in [0.15, 0.2) is 0 Å². The normalized spacial score (nSPS) is 10.4. The van der Waals surface area contributed by atoms with Crippen LogP contribution in [0.4, 0.5) is 0 Å². The molecule has 0 atom stereocenters. The summed E-state index contributed by atoms with van der Waals surface area (Å²) in [7, 11) is 0. The Morgan fingerprint density at radius 3 is 2.18 bits per heavy atom. The molecule has 1 heterocycles. The molecule has 0 amide bonds. The maximum atomic E-state index is 7.24. The molecular formula is C19H31N3. The van der Waals surface area contributed by atoms with Gasteiger partial charge in [0, 0.05) is 11.9 Å². The van der Waals surface area contributed by atoms with Gasteiger partial charge in [0.25, 0.3) is 0 Å². The van der Waals surface area contributed by atoms with Crippen LogP contribution in [0.5, 0.6) is 0 Å². The van der Waals surface area contributed by atoms with E-state index >= 15 is 0 Å². The molecule has 0 saturated carbocycles. The van der Waals surface area contributed by atoms with Gasteiger partial charge in [-0.3, -0.25) is 4.57 Å². The molecule has 0 saturated heterocycles. The Morgan fingerprint density at radius 2 is 1.82 bits per heavy atom. The van der Waals surface area contributed by atoms with Gasteiger partial charge in [-0.2, -0.15) is 0 Å². The highest BCUT2D eigenvalue weighted by Gasteiger charge is 2.06. The molecule has 0 radical (unpaired) electrons. The maximum absolute atomic E-state index is 7.24. The van der Waals surface area contributed by atoms with Crippen LogP contribution in [-0.2, 0) is 0 Å². The Hall–Kier alpha value is -2.16. The summed E-state index contributed by atoms with van der Waals surface area (Å²) in [5, 5.41) is 7.24. The minimum atomic E-state index is 0.612. The Kier molecular flexibility index (Phi) is 13.9. The van der Waals surface area contributed by atoms with Gasteiger partial charge in [-0.15, -0.1) is 0 Å². The monoisotopic (exact) mass is 301 g/mol. The molecule has 0 bridgehead atoms. The van der Waals surface area contributed by atoms with E-state index in [9.17, 15) is 0 Å². The molecule has 0 aliphatic carbocycles. The van der Waals surface area contributed by atoms with Gasteiger partial charge in [-0.05, 0) is 25.0 Å². The molecule has 1 N–H and O–H groups in total. The van der Waals surface area contributed by atoms with Crippen LogP contribution in [0.15, 0.2) is 43.8 Å². The minimum absolute atomic E-state index is 0.612. The summed E-state index contributed by atoms with van der Waals surface area (Å²) in [4.78, 5) is 4.13. The van der Waals surface area contributed by atoms with Crippen molar-refractivity contribution in [1.82, 2.24) is 9.55 Å². The second-order valence-corrected chi connectivity index (χ2v) is 4.77. The van der Waals surface area contributed by atoms with Gasteiger partial charge >= 0.3 is 0 Å². The molecular weight excluding hydrogens is 270 g/mol. The number of allylic oxidation sites excluding steroid dienone is 5. The molecule has 0 aliphatic rings. The Balaban J connectivity index is 0. The largest absolute Gasteiger partial charge is 0.306 e. The second-order valence-electron chi connectivity index (χ2n) is 4.77. The predicted octanol–water partition coefficient (Wildman–Crippen LogP) is 5.82. The maximum Gasteiger partial charge on any atom is 0.106 e. The van der Waals surface area contributed by atoms with E-state index in [4.69, 9.17) is 5.41 Å². The fraction of sp³-hybridized carbons (Fsp3) is 0.368. The third kappa shape index (κ3) is 8.20. The molecule has 0 aliphatic heterocycles. The molecule has 0 fully saturated rings.